The maximum atomic E-state index is 2.58. The van der Waals surface area contributed by atoms with Crippen molar-refractivity contribution in [3.8, 4) is 0 Å². The zero-order valence-corrected chi connectivity index (χ0v) is 16.6. The summed E-state index contributed by atoms with van der Waals surface area (Å²) in [6, 6.07) is 11.0. The Hall–Kier alpha value is 0.380. The molecule has 0 unspecified atom stereocenters. The van der Waals surface area contributed by atoms with Gasteiger partial charge in [0, 0.05) is 0 Å². The van der Waals surface area contributed by atoms with Crippen molar-refractivity contribution in [2.24, 2.45) is 0 Å². The first kappa shape index (κ1) is 18.4. The number of rotatable bonds is 3. The molecule has 0 bridgehead atoms. The summed E-state index contributed by atoms with van der Waals surface area (Å²) in [5, 5.41) is 0. The van der Waals surface area contributed by atoms with Crippen LogP contribution in [0.4, 0.5) is 0 Å². The third kappa shape index (κ3) is 4.49. The van der Waals surface area contributed by atoms with Gasteiger partial charge in [-0.25, -0.2) is 0 Å². The third-order valence-corrected chi connectivity index (χ3v) is 17.7. The summed E-state index contributed by atoms with van der Waals surface area (Å²) in [5.41, 5.74) is 1.51. The van der Waals surface area contributed by atoms with Gasteiger partial charge < -0.3 is 0 Å². The molecular formula is C14H22Cl2SiZr. The van der Waals surface area contributed by atoms with E-state index < -0.39 is 17.4 Å². The topological polar surface area (TPSA) is 0 Å². The molecule has 0 aromatic heterocycles. The molecule has 0 aliphatic heterocycles. The Bertz CT molecular complexity index is 512. The van der Waals surface area contributed by atoms with Gasteiger partial charge in [0.2, 0.25) is 0 Å². The van der Waals surface area contributed by atoms with Gasteiger partial charge in [0.25, 0.3) is 0 Å². The number of halogens is 2. The summed E-state index contributed by atoms with van der Waals surface area (Å²) in [7, 11) is 0. The van der Waals surface area contributed by atoms with Crippen molar-refractivity contribution in [1.29, 1.82) is 0 Å². The van der Waals surface area contributed by atoms with Gasteiger partial charge >= 0.3 is 101 Å². The molecule has 1 aliphatic carbocycles. The predicted octanol–water partition coefficient (Wildman–Crippen LogP) is 4.21. The van der Waals surface area contributed by atoms with Gasteiger partial charge in [-0.2, -0.15) is 0 Å². The van der Waals surface area contributed by atoms with E-state index in [0.717, 1.165) is 0 Å². The molecule has 0 heterocycles. The SMILES string of the molecule is Cl.Cl.[CH3][Zr]([CH3])(=[SiH2])([CH2]c1ccccc1)[C]1=CC=CC1. The van der Waals surface area contributed by atoms with Crippen molar-refractivity contribution >= 4 is 31.7 Å². The van der Waals surface area contributed by atoms with Crippen molar-refractivity contribution in [3.05, 3.63) is 57.4 Å². The molecule has 18 heavy (non-hydrogen) atoms. The average molecular weight is 381 g/mol. The molecule has 0 saturated heterocycles. The van der Waals surface area contributed by atoms with Gasteiger partial charge in [-0.15, -0.1) is 24.8 Å². The molecule has 2 rings (SSSR count). The molecule has 1 aromatic carbocycles. The molecular weight excluding hydrogens is 358 g/mol. The van der Waals surface area contributed by atoms with E-state index in [1.165, 1.54) is 16.1 Å². The second-order valence-corrected chi connectivity index (χ2v) is 36.7. The van der Waals surface area contributed by atoms with Crippen LogP contribution >= 0.6 is 24.8 Å². The fraction of sp³-hybridized carbons (Fsp3) is 0.286. The van der Waals surface area contributed by atoms with E-state index in [0.29, 0.717) is 0 Å². The molecule has 1 aliphatic rings. The van der Waals surface area contributed by atoms with Gasteiger partial charge in [-0.3, -0.25) is 0 Å². The van der Waals surface area contributed by atoms with E-state index in [2.05, 4.69) is 64.7 Å². The van der Waals surface area contributed by atoms with Crippen LogP contribution in [0.3, 0.4) is 0 Å². The van der Waals surface area contributed by atoms with Crippen LogP contribution in [0.5, 0.6) is 0 Å². The Kier molecular flexibility index (Phi) is 6.84. The van der Waals surface area contributed by atoms with Crippen LogP contribution in [0.1, 0.15) is 12.0 Å². The van der Waals surface area contributed by atoms with Crippen LogP contribution in [0, 0.1) is 0 Å². The molecule has 0 amide bonds. The average Bonchev–Trinajstić information content (AvgIpc) is 2.71. The van der Waals surface area contributed by atoms with Crippen LogP contribution in [-0.4, -0.2) is 6.88 Å². The monoisotopic (exact) mass is 378 g/mol. The van der Waals surface area contributed by atoms with Gasteiger partial charge in [0.05, 0.1) is 0 Å². The fourth-order valence-electron chi connectivity index (χ4n) is 2.44. The van der Waals surface area contributed by atoms with Gasteiger partial charge in [0.1, 0.15) is 0 Å². The predicted molar refractivity (Wildman–Crippen MR) is 86.8 cm³/mol. The quantitative estimate of drug-likeness (QED) is 0.689. The molecule has 0 fully saturated rings. The zero-order valence-electron chi connectivity index (χ0n) is 11.1. The van der Waals surface area contributed by atoms with Crippen LogP contribution in [0.15, 0.2) is 51.8 Å². The molecule has 1 aromatic rings. The summed E-state index contributed by atoms with van der Waals surface area (Å²) in [4.78, 5) is 0. The molecule has 0 atom stereocenters. The van der Waals surface area contributed by atoms with Crippen LogP contribution in [-0.2, 0) is 21.5 Å². The second-order valence-electron chi connectivity index (χ2n) is 6.00. The number of hydrogen-bond donors (Lipinski definition) is 0. The Labute approximate surface area is 125 Å². The number of hydrogen-bond acceptors (Lipinski definition) is 0. The summed E-state index contributed by atoms with van der Waals surface area (Å²) in [6.07, 6.45) is 8.11. The Morgan fingerprint density at radius 2 is 1.72 bits per heavy atom. The standard InChI is InChI=1S/C7H7.C5H5.2CH3.2ClH.H2Si.Zr/c1-7-5-3-2-4-6-7;1-2-4-5-3-1;;;;;;/h2-6H,1H2;1-3H,4H2;2*1H3;2*1H;1H2;. The first-order chi connectivity index (χ1) is 7.46. The van der Waals surface area contributed by atoms with E-state index in [1.807, 2.05) is 0 Å². The van der Waals surface area contributed by atoms with Crippen molar-refractivity contribution in [1.82, 2.24) is 0 Å². The minimum absolute atomic E-state index is 0. The van der Waals surface area contributed by atoms with Crippen LogP contribution in [0.25, 0.3) is 0 Å². The van der Waals surface area contributed by atoms with Crippen molar-refractivity contribution in [3.63, 3.8) is 0 Å². The molecule has 0 radical (unpaired) electrons. The van der Waals surface area contributed by atoms with Crippen molar-refractivity contribution in [2.45, 2.75) is 19.8 Å². The first-order valence-corrected chi connectivity index (χ1v) is 19.7. The molecule has 100 valence electrons. The summed E-state index contributed by atoms with van der Waals surface area (Å²) < 4.78 is 8.22. The summed E-state index contributed by atoms with van der Waals surface area (Å²) in [5.74, 6) is 0. The molecule has 4 heteroatoms. The Morgan fingerprint density at radius 3 is 2.22 bits per heavy atom. The van der Waals surface area contributed by atoms with Crippen LogP contribution < -0.4 is 0 Å². The van der Waals surface area contributed by atoms with Crippen molar-refractivity contribution in [2.75, 3.05) is 0 Å². The Balaban J connectivity index is 0.00000144. The first-order valence-electron chi connectivity index (χ1n) is 5.94. The minimum atomic E-state index is -2.59. The number of allylic oxidation sites excluding steroid dienone is 4. The second kappa shape index (κ2) is 6.70. The number of benzene rings is 1. The van der Waals surface area contributed by atoms with Gasteiger partial charge in [-0.05, 0) is 0 Å². The molecule has 0 nitrogen and oxygen atoms in total. The molecule has 0 saturated carbocycles. The summed E-state index contributed by atoms with van der Waals surface area (Å²) >= 11 is -2.59. The molecule has 0 N–H and O–H groups in total. The van der Waals surface area contributed by atoms with Crippen molar-refractivity contribution < 1.29 is 17.4 Å². The van der Waals surface area contributed by atoms with E-state index in [4.69, 9.17) is 0 Å². The van der Waals surface area contributed by atoms with Gasteiger partial charge in [-0.1, -0.05) is 0 Å². The molecule has 0 spiro atoms. The fourth-order valence-corrected chi connectivity index (χ4v) is 13.7. The maximum absolute atomic E-state index is 2.59. The third-order valence-electron chi connectivity index (χ3n) is 3.48. The van der Waals surface area contributed by atoms with Crippen LogP contribution in [0.2, 0.25) is 9.26 Å². The van der Waals surface area contributed by atoms with Gasteiger partial charge in [0.15, 0.2) is 0 Å². The van der Waals surface area contributed by atoms with E-state index >= 15 is 0 Å². The van der Waals surface area contributed by atoms with E-state index in [-0.39, 0.29) is 24.8 Å². The Morgan fingerprint density at radius 1 is 1.11 bits per heavy atom. The van der Waals surface area contributed by atoms with E-state index in [9.17, 15) is 0 Å². The zero-order chi connectivity index (χ0) is 11.7. The summed E-state index contributed by atoms with van der Waals surface area (Å²) in [6.45, 7) is 2.33. The van der Waals surface area contributed by atoms with E-state index in [1.54, 1.807) is 3.28 Å². The normalized spacial score (nSPS) is 14.5.